The maximum atomic E-state index is 11.5. The Bertz CT molecular complexity index is 312. The molecule has 1 unspecified atom stereocenters. The Kier molecular flexibility index (Phi) is 4.09. The van der Waals surface area contributed by atoms with Crippen molar-refractivity contribution in [3.63, 3.8) is 0 Å². The number of methoxy groups -OCH3 is 1. The van der Waals surface area contributed by atoms with Crippen molar-refractivity contribution >= 4 is 11.7 Å². The number of esters is 1. The number of aromatic nitrogens is 1. The third-order valence-corrected chi connectivity index (χ3v) is 2.12. The molecule has 1 aromatic heterocycles. The van der Waals surface area contributed by atoms with Crippen LogP contribution in [0.4, 0.5) is 5.69 Å². The molecule has 0 amide bonds. The van der Waals surface area contributed by atoms with Crippen molar-refractivity contribution in [2.24, 2.45) is 5.92 Å². The van der Waals surface area contributed by atoms with Crippen LogP contribution in [0.15, 0.2) is 24.5 Å². The Labute approximate surface area is 89.7 Å². The van der Waals surface area contributed by atoms with Gasteiger partial charge < -0.3 is 10.1 Å². The van der Waals surface area contributed by atoms with Gasteiger partial charge in [-0.2, -0.15) is 0 Å². The SMILES string of the molecule is COC(=O)C(Nc1ccncc1)C(C)C. The zero-order chi connectivity index (χ0) is 11.3. The number of nitrogens with one attached hydrogen (secondary N) is 1. The zero-order valence-electron chi connectivity index (χ0n) is 9.23. The molecular weight excluding hydrogens is 192 g/mol. The van der Waals surface area contributed by atoms with Gasteiger partial charge in [-0.3, -0.25) is 4.98 Å². The summed E-state index contributed by atoms with van der Waals surface area (Å²) < 4.78 is 4.73. The van der Waals surface area contributed by atoms with Crippen LogP contribution in [0, 0.1) is 5.92 Å². The van der Waals surface area contributed by atoms with Gasteiger partial charge >= 0.3 is 5.97 Å². The predicted octanol–water partition coefficient (Wildman–Crippen LogP) is 1.69. The molecule has 0 radical (unpaired) electrons. The molecule has 0 aromatic carbocycles. The van der Waals surface area contributed by atoms with Crippen molar-refractivity contribution < 1.29 is 9.53 Å². The van der Waals surface area contributed by atoms with Crippen LogP contribution in [0.2, 0.25) is 0 Å². The van der Waals surface area contributed by atoms with E-state index in [-0.39, 0.29) is 17.9 Å². The third-order valence-electron chi connectivity index (χ3n) is 2.12. The number of anilines is 1. The first kappa shape index (κ1) is 11.5. The molecule has 0 aliphatic heterocycles. The zero-order valence-corrected chi connectivity index (χ0v) is 9.23. The van der Waals surface area contributed by atoms with Gasteiger partial charge in [0.15, 0.2) is 0 Å². The van der Waals surface area contributed by atoms with Gasteiger partial charge in [-0.1, -0.05) is 13.8 Å². The normalized spacial score (nSPS) is 12.3. The van der Waals surface area contributed by atoms with Gasteiger partial charge in [-0.15, -0.1) is 0 Å². The molecule has 1 atom stereocenters. The van der Waals surface area contributed by atoms with E-state index < -0.39 is 0 Å². The van der Waals surface area contributed by atoms with E-state index in [1.807, 2.05) is 26.0 Å². The van der Waals surface area contributed by atoms with Gasteiger partial charge in [-0.05, 0) is 18.1 Å². The molecule has 1 aromatic rings. The molecule has 0 aliphatic rings. The Hall–Kier alpha value is -1.58. The van der Waals surface area contributed by atoms with E-state index in [0.29, 0.717) is 0 Å². The fraction of sp³-hybridized carbons (Fsp3) is 0.455. The number of hydrogen-bond acceptors (Lipinski definition) is 4. The summed E-state index contributed by atoms with van der Waals surface area (Å²) in [4.78, 5) is 15.4. The first-order chi connectivity index (χ1) is 7.15. The van der Waals surface area contributed by atoms with Crippen LogP contribution >= 0.6 is 0 Å². The fourth-order valence-electron chi connectivity index (χ4n) is 1.25. The summed E-state index contributed by atoms with van der Waals surface area (Å²) in [5, 5.41) is 3.11. The molecule has 0 aliphatic carbocycles. The van der Waals surface area contributed by atoms with Crippen LogP contribution in [0.1, 0.15) is 13.8 Å². The summed E-state index contributed by atoms with van der Waals surface area (Å²) in [6, 6.07) is 3.31. The Morgan fingerprint density at radius 1 is 1.40 bits per heavy atom. The maximum absolute atomic E-state index is 11.5. The topological polar surface area (TPSA) is 51.2 Å². The van der Waals surface area contributed by atoms with Crippen molar-refractivity contribution in [2.75, 3.05) is 12.4 Å². The highest BCUT2D eigenvalue weighted by molar-refractivity contribution is 5.79. The van der Waals surface area contributed by atoms with Gasteiger partial charge in [0.05, 0.1) is 7.11 Å². The molecule has 0 saturated carbocycles. The number of nitrogens with zero attached hydrogens (tertiary/aromatic N) is 1. The highest BCUT2D eigenvalue weighted by Crippen LogP contribution is 2.12. The summed E-state index contributed by atoms with van der Waals surface area (Å²) in [5.74, 6) is -0.0765. The van der Waals surface area contributed by atoms with Gasteiger partial charge in [-0.25, -0.2) is 4.79 Å². The van der Waals surface area contributed by atoms with Gasteiger partial charge in [0.25, 0.3) is 0 Å². The van der Waals surface area contributed by atoms with Crippen LogP contribution in [0.3, 0.4) is 0 Å². The average molecular weight is 208 g/mol. The second-order valence-electron chi connectivity index (χ2n) is 3.63. The molecule has 82 valence electrons. The highest BCUT2D eigenvalue weighted by atomic mass is 16.5. The molecule has 0 fully saturated rings. The lowest BCUT2D eigenvalue weighted by Crippen LogP contribution is -2.35. The molecule has 4 nitrogen and oxygen atoms in total. The average Bonchev–Trinajstić information content (AvgIpc) is 2.26. The predicted molar refractivity (Wildman–Crippen MR) is 58.5 cm³/mol. The molecule has 1 N–H and O–H groups in total. The van der Waals surface area contributed by atoms with Gasteiger partial charge in [0, 0.05) is 18.1 Å². The van der Waals surface area contributed by atoms with E-state index >= 15 is 0 Å². The van der Waals surface area contributed by atoms with E-state index in [2.05, 4.69) is 10.3 Å². The Balaban J connectivity index is 2.72. The summed E-state index contributed by atoms with van der Waals surface area (Å²) in [5.41, 5.74) is 0.870. The second-order valence-corrected chi connectivity index (χ2v) is 3.63. The van der Waals surface area contributed by atoms with E-state index in [4.69, 9.17) is 4.74 Å². The Morgan fingerprint density at radius 3 is 2.47 bits per heavy atom. The minimum atomic E-state index is -0.322. The summed E-state index contributed by atoms with van der Waals surface area (Å²) in [6.45, 7) is 3.94. The van der Waals surface area contributed by atoms with E-state index in [1.165, 1.54) is 7.11 Å². The van der Waals surface area contributed by atoms with Crippen LogP contribution in [-0.4, -0.2) is 24.1 Å². The second kappa shape index (κ2) is 5.34. The molecule has 1 heterocycles. The first-order valence-corrected chi connectivity index (χ1v) is 4.89. The van der Waals surface area contributed by atoms with Gasteiger partial charge in [0.2, 0.25) is 0 Å². The van der Waals surface area contributed by atoms with Crippen LogP contribution in [0.25, 0.3) is 0 Å². The molecule has 1 rings (SSSR count). The molecule has 0 spiro atoms. The van der Waals surface area contributed by atoms with E-state index in [0.717, 1.165) is 5.69 Å². The summed E-state index contributed by atoms with van der Waals surface area (Å²) >= 11 is 0. The standard InChI is InChI=1S/C11H16N2O2/c1-8(2)10(11(14)15-3)13-9-4-6-12-7-5-9/h4-8,10H,1-3H3,(H,12,13). The lowest BCUT2D eigenvalue weighted by Gasteiger charge is -2.20. The fourth-order valence-corrected chi connectivity index (χ4v) is 1.25. The number of carbonyl (C=O) groups excluding carboxylic acids is 1. The van der Waals surface area contributed by atoms with E-state index in [1.54, 1.807) is 12.4 Å². The number of carbonyl (C=O) groups is 1. The molecule has 15 heavy (non-hydrogen) atoms. The molecule has 0 bridgehead atoms. The van der Waals surface area contributed by atoms with Gasteiger partial charge in [0.1, 0.15) is 6.04 Å². The Morgan fingerprint density at radius 2 is 2.00 bits per heavy atom. The van der Waals surface area contributed by atoms with Crippen molar-refractivity contribution in [1.29, 1.82) is 0 Å². The monoisotopic (exact) mass is 208 g/mol. The molecular formula is C11H16N2O2. The number of rotatable bonds is 4. The van der Waals surface area contributed by atoms with Crippen LogP contribution in [-0.2, 0) is 9.53 Å². The number of ether oxygens (including phenoxy) is 1. The third kappa shape index (κ3) is 3.23. The van der Waals surface area contributed by atoms with Crippen molar-refractivity contribution in [1.82, 2.24) is 4.98 Å². The lowest BCUT2D eigenvalue weighted by molar-refractivity contribution is -0.142. The summed E-state index contributed by atoms with van der Waals surface area (Å²) in [6.07, 6.45) is 3.36. The minimum Gasteiger partial charge on any atom is -0.467 e. The maximum Gasteiger partial charge on any atom is 0.328 e. The number of pyridine rings is 1. The van der Waals surface area contributed by atoms with Crippen molar-refractivity contribution in [2.45, 2.75) is 19.9 Å². The molecule has 4 heteroatoms. The first-order valence-electron chi connectivity index (χ1n) is 4.89. The lowest BCUT2D eigenvalue weighted by atomic mass is 10.0. The van der Waals surface area contributed by atoms with E-state index in [9.17, 15) is 4.79 Å². The van der Waals surface area contributed by atoms with Crippen molar-refractivity contribution in [3.05, 3.63) is 24.5 Å². The van der Waals surface area contributed by atoms with Crippen LogP contribution in [0.5, 0.6) is 0 Å². The number of hydrogen-bond donors (Lipinski definition) is 1. The van der Waals surface area contributed by atoms with Crippen molar-refractivity contribution in [3.8, 4) is 0 Å². The van der Waals surface area contributed by atoms with Crippen LogP contribution < -0.4 is 5.32 Å². The quantitative estimate of drug-likeness (QED) is 0.765. The minimum absolute atomic E-state index is 0.172. The summed E-state index contributed by atoms with van der Waals surface area (Å²) in [7, 11) is 1.39. The largest absolute Gasteiger partial charge is 0.467 e. The highest BCUT2D eigenvalue weighted by Gasteiger charge is 2.22. The molecule has 0 saturated heterocycles. The smallest absolute Gasteiger partial charge is 0.328 e.